The summed E-state index contributed by atoms with van der Waals surface area (Å²) < 4.78 is 66.1. The minimum atomic E-state index is -4.68. The van der Waals surface area contributed by atoms with E-state index in [1.807, 2.05) is 0 Å². The average molecular weight is 354 g/mol. The molecule has 2 rings (SSSR count). The Bertz CT molecular complexity index is 816. The molecule has 1 heterocycles. The van der Waals surface area contributed by atoms with E-state index >= 15 is 0 Å². The molecule has 1 aromatic heterocycles. The highest BCUT2D eigenvalue weighted by Gasteiger charge is 2.33. The predicted octanol–water partition coefficient (Wildman–Crippen LogP) is 3.20. The van der Waals surface area contributed by atoms with Gasteiger partial charge in [0.25, 0.3) is 10.0 Å². The molecule has 22 heavy (non-hydrogen) atoms. The second kappa shape index (κ2) is 5.47. The molecule has 1 N–H and O–H groups in total. The van der Waals surface area contributed by atoms with Crippen LogP contribution in [-0.2, 0) is 23.2 Å². The Balaban J connectivity index is 2.41. The van der Waals surface area contributed by atoms with Gasteiger partial charge in [0.05, 0.1) is 16.3 Å². The number of rotatable bonds is 3. The Hall–Kier alpha value is -1.74. The fraction of sp³-hybridized carbons (Fsp3) is 0.250. The summed E-state index contributed by atoms with van der Waals surface area (Å²) in [6.07, 6.45) is -3.42. The standard InChI is InChI=1S/C12H11ClF3N3O2S/c1-7-11(6-19(2)17-7)22(20,21)18-8-3-4-10(13)9(5-8)12(14,15)16/h3-6,18H,1-2H3. The summed E-state index contributed by atoms with van der Waals surface area (Å²) in [6, 6.07) is 2.78. The number of sulfonamides is 1. The SMILES string of the molecule is Cc1nn(C)cc1S(=O)(=O)Nc1ccc(Cl)c(C(F)(F)F)c1. The molecule has 0 amide bonds. The van der Waals surface area contributed by atoms with Crippen molar-refractivity contribution in [3.63, 3.8) is 0 Å². The number of anilines is 1. The number of hydrogen-bond donors (Lipinski definition) is 1. The van der Waals surface area contributed by atoms with Crippen LogP contribution in [0.2, 0.25) is 5.02 Å². The van der Waals surface area contributed by atoms with Crippen molar-refractivity contribution >= 4 is 27.3 Å². The minimum Gasteiger partial charge on any atom is -0.280 e. The second-order valence-electron chi connectivity index (χ2n) is 4.55. The Morgan fingerprint density at radius 3 is 2.45 bits per heavy atom. The van der Waals surface area contributed by atoms with Crippen molar-refractivity contribution in [2.75, 3.05) is 4.72 Å². The summed E-state index contributed by atoms with van der Waals surface area (Å²) in [4.78, 5) is -0.112. The van der Waals surface area contributed by atoms with Gasteiger partial charge in [-0.2, -0.15) is 18.3 Å². The van der Waals surface area contributed by atoms with Gasteiger partial charge in [0.2, 0.25) is 0 Å². The first kappa shape index (κ1) is 16.6. The van der Waals surface area contributed by atoms with E-state index in [9.17, 15) is 21.6 Å². The van der Waals surface area contributed by atoms with Crippen molar-refractivity contribution in [1.82, 2.24) is 9.78 Å². The molecular formula is C12H11ClF3N3O2S. The normalized spacial score (nSPS) is 12.5. The largest absolute Gasteiger partial charge is 0.417 e. The lowest BCUT2D eigenvalue weighted by Crippen LogP contribution is -2.14. The highest BCUT2D eigenvalue weighted by atomic mass is 35.5. The smallest absolute Gasteiger partial charge is 0.280 e. The maximum absolute atomic E-state index is 12.8. The third kappa shape index (κ3) is 3.36. The highest BCUT2D eigenvalue weighted by Crippen LogP contribution is 2.36. The van der Waals surface area contributed by atoms with Crippen molar-refractivity contribution < 1.29 is 21.6 Å². The van der Waals surface area contributed by atoms with Gasteiger partial charge in [-0.3, -0.25) is 9.40 Å². The Labute approximate surface area is 129 Å². The molecule has 10 heteroatoms. The lowest BCUT2D eigenvalue weighted by Gasteiger charge is -2.12. The predicted molar refractivity (Wildman–Crippen MR) is 75.2 cm³/mol. The van der Waals surface area contributed by atoms with Crippen LogP contribution in [0.15, 0.2) is 29.3 Å². The fourth-order valence-corrected chi connectivity index (χ4v) is 3.35. The first-order valence-electron chi connectivity index (χ1n) is 5.90. The quantitative estimate of drug-likeness (QED) is 0.921. The lowest BCUT2D eigenvalue weighted by molar-refractivity contribution is -0.137. The molecule has 0 saturated heterocycles. The summed E-state index contributed by atoms with van der Waals surface area (Å²) in [5.74, 6) is 0. The van der Waals surface area contributed by atoms with Gasteiger partial charge >= 0.3 is 6.18 Å². The van der Waals surface area contributed by atoms with E-state index in [0.717, 1.165) is 12.1 Å². The van der Waals surface area contributed by atoms with Crippen molar-refractivity contribution in [2.45, 2.75) is 18.0 Å². The molecule has 0 spiro atoms. The number of aromatic nitrogens is 2. The first-order chi connectivity index (χ1) is 10.0. The van der Waals surface area contributed by atoms with E-state index in [4.69, 9.17) is 11.6 Å². The van der Waals surface area contributed by atoms with Crippen LogP contribution in [-0.4, -0.2) is 18.2 Å². The second-order valence-corrected chi connectivity index (χ2v) is 6.61. The molecule has 5 nitrogen and oxygen atoms in total. The van der Waals surface area contributed by atoms with E-state index in [1.165, 1.54) is 24.9 Å². The summed E-state index contributed by atoms with van der Waals surface area (Å²) in [5.41, 5.74) is -1.11. The van der Waals surface area contributed by atoms with Gasteiger partial charge in [-0.15, -0.1) is 0 Å². The molecule has 2 aromatic rings. The van der Waals surface area contributed by atoms with Gasteiger partial charge in [-0.05, 0) is 25.1 Å². The van der Waals surface area contributed by atoms with Crippen LogP contribution >= 0.6 is 11.6 Å². The number of halogens is 4. The van der Waals surface area contributed by atoms with Crippen molar-refractivity contribution in [3.05, 3.63) is 40.7 Å². The van der Waals surface area contributed by atoms with E-state index < -0.39 is 26.8 Å². The van der Waals surface area contributed by atoms with Crippen molar-refractivity contribution in [1.29, 1.82) is 0 Å². The summed E-state index contributed by atoms with van der Waals surface area (Å²) in [5, 5.41) is 3.38. The third-order valence-electron chi connectivity index (χ3n) is 2.78. The number of nitrogens with zero attached hydrogens (tertiary/aromatic N) is 2. The van der Waals surface area contributed by atoms with E-state index in [0.29, 0.717) is 6.07 Å². The van der Waals surface area contributed by atoms with Crippen LogP contribution in [0.1, 0.15) is 11.3 Å². The zero-order chi connectivity index (χ0) is 16.7. The van der Waals surface area contributed by atoms with Gasteiger partial charge < -0.3 is 0 Å². The van der Waals surface area contributed by atoms with Crippen LogP contribution < -0.4 is 4.72 Å². The molecule has 0 atom stereocenters. The number of aryl methyl sites for hydroxylation is 2. The zero-order valence-corrected chi connectivity index (χ0v) is 13.0. The van der Waals surface area contributed by atoms with Gasteiger partial charge in [0.1, 0.15) is 4.90 Å². The van der Waals surface area contributed by atoms with Crippen molar-refractivity contribution in [3.8, 4) is 0 Å². The molecule has 0 unspecified atom stereocenters. The van der Waals surface area contributed by atoms with Gasteiger partial charge in [0, 0.05) is 18.9 Å². The number of nitrogens with one attached hydrogen (secondary N) is 1. The number of benzene rings is 1. The highest BCUT2D eigenvalue weighted by molar-refractivity contribution is 7.92. The lowest BCUT2D eigenvalue weighted by atomic mass is 10.2. The fourth-order valence-electron chi connectivity index (χ4n) is 1.86. The molecule has 0 aliphatic heterocycles. The Kier molecular flexibility index (Phi) is 4.14. The van der Waals surface area contributed by atoms with E-state index in [1.54, 1.807) is 0 Å². The maximum Gasteiger partial charge on any atom is 0.417 e. The zero-order valence-electron chi connectivity index (χ0n) is 11.4. The monoisotopic (exact) mass is 353 g/mol. The summed E-state index contributed by atoms with van der Waals surface area (Å²) in [6.45, 7) is 1.48. The molecule has 0 aliphatic rings. The molecule has 0 aliphatic carbocycles. The maximum atomic E-state index is 12.8. The summed E-state index contributed by atoms with van der Waals surface area (Å²) >= 11 is 5.49. The van der Waals surface area contributed by atoms with Crippen LogP contribution in [0.3, 0.4) is 0 Å². The van der Waals surface area contributed by atoms with E-state index in [-0.39, 0.29) is 16.3 Å². The third-order valence-corrected chi connectivity index (χ3v) is 4.60. The molecule has 0 fully saturated rings. The molecule has 120 valence electrons. The molecule has 0 bridgehead atoms. The van der Waals surface area contributed by atoms with Gasteiger partial charge in [-0.1, -0.05) is 11.6 Å². The topological polar surface area (TPSA) is 64.0 Å². The number of alkyl halides is 3. The average Bonchev–Trinajstić information content (AvgIpc) is 2.70. The van der Waals surface area contributed by atoms with Gasteiger partial charge in [0.15, 0.2) is 0 Å². The minimum absolute atomic E-state index is 0.112. The Morgan fingerprint density at radius 1 is 1.32 bits per heavy atom. The summed E-state index contributed by atoms with van der Waals surface area (Å²) in [7, 11) is -2.50. The van der Waals surface area contributed by atoms with Crippen molar-refractivity contribution in [2.24, 2.45) is 7.05 Å². The Morgan fingerprint density at radius 2 is 1.95 bits per heavy atom. The first-order valence-corrected chi connectivity index (χ1v) is 7.76. The molecule has 1 aromatic carbocycles. The molecular weight excluding hydrogens is 343 g/mol. The molecule has 0 saturated carbocycles. The number of hydrogen-bond acceptors (Lipinski definition) is 3. The van der Waals surface area contributed by atoms with Gasteiger partial charge in [-0.25, -0.2) is 8.42 Å². The van der Waals surface area contributed by atoms with Crippen LogP contribution in [0.4, 0.5) is 18.9 Å². The van der Waals surface area contributed by atoms with Crippen LogP contribution in [0, 0.1) is 6.92 Å². The van der Waals surface area contributed by atoms with E-state index in [2.05, 4.69) is 9.82 Å². The molecule has 0 radical (unpaired) electrons. The van der Waals surface area contributed by atoms with Crippen LogP contribution in [0.5, 0.6) is 0 Å². The van der Waals surface area contributed by atoms with Crippen LogP contribution in [0.25, 0.3) is 0 Å².